The second-order valence-electron chi connectivity index (χ2n) is 6.49. The normalized spacial score (nSPS) is 29.2. The zero-order valence-electron chi connectivity index (χ0n) is 12.8. The summed E-state index contributed by atoms with van der Waals surface area (Å²) in [6.07, 6.45) is -0.576. The van der Waals surface area contributed by atoms with Crippen LogP contribution in [0.5, 0.6) is 0 Å². The molecule has 0 N–H and O–H groups in total. The van der Waals surface area contributed by atoms with E-state index in [0.29, 0.717) is 0 Å². The Labute approximate surface area is 138 Å². The quantitative estimate of drug-likeness (QED) is 0.848. The topological polar surface area (TPSA) is 64.8 Å². The molecule has 1 saturated carbocycles. The highest BCUT2D eigenvalue weighted by Crippen LogP contribution is 2.41. The van der Waals surface area contributed by atoms with Gasteiger partial charge in [0.25, 0.3) is 5.16 Å². The van der Waals surface area contributed by atoms with E-state index in [9.17, 15) is 17.2 Å². The van der Waals surface area contributed by atoms with Crippen molar-refractivity contribution < 1.29 is 17.2 Å². The first-order valence-corrected chi connectivity index (χ1v) is 9.50. The summed E-state index contributed by atoms with van der Waals surface area (Å²) >= 11 is 0. The number of sulfone groups is 1. The lowest BCUT2D eigenvalue weighted by molar-refractivity contribution is 0.245. The zero-order valence-corrected chi connectivity index (χ0v) is 13.7. The molecular formula is C16H17F2N3O2S. The van der Waals surface area contributed by atoms with Crippen molar-refractivity contribution in [2.24, 2.45) is 5.92 Å². The maximum atomic E-state index is 14.3. The molecule has 2 atom stereocenters. The van der Waals surface area contributed by atoms with Gasteiger partial charge in [-0.25, -0.2) is 17.5 Å². The van der Waals surface area contributed by atoms with Gasteiger partial charge < -0.3 is 0 Å². The molecule has 0 bridgehead atoms. The van der Waals surface area contributed by atoms with E-state index in [4.69, 9.17) is 0 Å². The van der Waals surface area contributed by atoms with Crippen molar-refractivity contribution in [2.45, 2.75) is 41.9 Å². The molecule has 2 heterocycles. The molecule has 8 heteroatoms. The molecule has 1 aliphatic carbocycles. The molecule has 2 aliphatic rings. The van der Waals surface area contributed by atoms with Crippen LogP contribution in [0.1, 0.15) is 42.9 Å². The first-order chi connectivity index (χ1) is 11.5. The molecule has 0 radical (unpaired) electrons. The summed E-state index contributed by atoms with van der Waals surface area (Å²) < 4.78 is 53.3. The number of alkyl halides is 2. The summed E-state index contributed by atoms with van der Waals surface area (Å²) in [6, 6.07) is 8.93. The van der Waals surface area contributed by atoms with E-state index in [1.54, 1.807) is 0 Å². The summed E-state index contributed by atoms with van der Waals surface area (Å²) in [4.78, 5) is 3.97. The second kappa shape index (κ2) is 5.61. The fraction of sp³-hybridized carbons (Fsp3) is 0.500. The van der Waals surface area contributed by atoms with Crippen molar-refractivity contribution in [1.29, 1.82) is 0 Å². The predicted octanol–water partition coefficient (Wildman–Crippen LogP) is 2.80. The minimum atomic E-state index is -3.73. The van der Waals surface area contributed by atoms with Gasteiger partial charge in [0, 0.05) is 6.42 Å². The van der Waals surface area contributed by atoms with Crippen molar-refractivity contribution in [3.05, 3.63) is 41.7 Å². The number of benzene rings is 1. The molecule has 0 amide bonds. The molecule has 24 heavy (non-hydrogen) atoms. The van der Waals surface area contributed by atoms with Crippen molar-refractivity contribution in [1.82, 2.24) is 14.8 Å². The zero-order chi connectivity index (χ0) is 16.9. The molecular weight excluding hydrogens is 336 g/mol. The van der Waals surface area contributed by atoms with Gasteiger partial charge in [-0.15, -0.1) is 5.10 Å². The van der Waals surface area contributed by atoms with Gasteiger partial charge in [0.05, 0.1) is 18.0 Å². The lowest BCUT2D eigenvalue weighted by Gasteiger charge is -2.31. The van der Waals surface area contributed by atoms with Gasteiger partial charge in [-0.3, -0.25) is 4.39 Å². The Bertz CT molecular complexity index is 847. The number of halogens is 2. The second-order valence-corrected chi connectivity index (χ2v) is 8.61. The molecule has 4 rings (SSSR count). The lowest BCUT2D eigenvalue weighted by Crippen LogP contribution is -2.37. The Kier molecular flexibility index (Phi) is 3.67. The maximum Gasteiger partial charge on any atom is 0.267 e. The minimum Gasteiger partial charge on any atom is -0.251 e. The van der Waals surface area contributed by atoms with Gasteiger partial charge in [0.1, 0.15) is 0 Å². The van der Waals surface area contributed by atoms with Gasteiger partial charge in [-0.05, 0) is 24.3 Å². The molecule has 1 aromatic carbocycles. The van der Waals surface area contributed by atoms with Crippen molar-refractivity contribution in [3.63, 3.8) is 0 Å². The Morgan fingerprint density at radius 3 is 2.54 bits per heavy atom. The number of fused-ring (bicyclic) bond motifs is 1. The van der Waals surface area contributed by atoms with Gasteiger partial charge in [-0.1, -0.05) is 30.3 Å². The average Bonchev–Trinajstić information content (AvgIpc) is 3.08. The van der Waals surface area contributed by atoms with Gasteiger partial charge in [0.2, 0.25) is 9.84 Å². The number of aromatic nitrogens is 3. The van der Waals surface area contributed by atoms with Crippen LogP contribution >= 0.6 is 0 Å². The van der Waals surface area contributed by atoms with E-state index < -0.39 is 27.9 Å². The summed E-state index contributed by atoms with van der Waals surface area (Å²) in [7, 11) is -3.73. The van der Waals surface area contributed by atoms with E-state index in [1.165, 1.54) is 4.68 Å². The minimum absolute atomic E-state index is 0.0591. The third kappa shape index (κ3) is 2.35. The summed E-state index contributed by atoms with van der Waals surface area (Å²) in [5.41, 5.74) is 0.869. The highest BCUT2D eigenvalue weighted by atomic mass is 32.2. The molecule has 0 saturated heterocycles. The van der Waals surface area contributed by atoms with Crippen LogP contribution in [-0.4, -0.2) is 35.1 Å². The van der Waals surface area contributed by atoms with Gasteiger partial charge in [-0.2, -0.15) is 4.98 Å². The van der Waals surface area contributed by atoms with Crippen molar-refractivity contribution in [2.75, 3.05) is 6.67 Å². The smallest absolute Gasteiger partial charge is 0.251 e. The largest absolute Gasteiger partial charge is 0.267 e. The Balaban J connectivity index is 1.66. The Morgan fingerprint density at radius 2 is 1.88 bits per heavy atom. The van der Waals surface area contributed by atoms with Crippen LogP contribution in [0.15, 0.2) is 35.5 Å². The molecule has 1 fully saturated rings. The Morgan fingerprint density at radius 1 is 1.17 bits per heavy atom. The third-order valence-electron chi connectivity index (χ3n) is 4.93. The number of rotatable bonds is 4. The van der Waals surface area contributed by atoms with Crippen molar-refractivity contribution >= 4 is 9.84 Å². The number of hydrogen-bond acceptors (Lipinski definition) is 4. The lowest BCUT2D eigenvalue weighted by atomic mass is 9.86. The molecule has 0 spiro atoms. The molecule has 5 nitrogen and oxygen atoms in total. The highest BCUT2D eigenvalue weighted by molar-refractivity contribution is 7.91. The molecule has 1 aromatic heterocycles. The predicted molar refractivity (Wildman–Crippen MR) is 82.7 cm³/mol. The fourth-order valence-electron chi connectivity index (χ4n) is 3.44. The number of hydrogen-bond donors (Lipinski definition) is 0. The monoisotopic (exact) mass is 353 g/mol. The van der Waals surface area contributed by atoms with Crippen LogP contribution in [-0.2, 0) is 9.84 Å². The number of nitrogens with zero attached hydrogens (tertiary/aromatic N) is 3. The van der Waals surface area contributed by atoms with E-state index in [1.807, 2.05) is 30.3 Å². The Hall–Kier alpha value is -1.83. The van der Waals surface area contributed by atoms with Crippen LogP contribution in [0.3, 0.4) is 0 Å². The first kappa shape index (κ1) is 15.7. The molecule has 2 aromatic rings. The van der Waals surface area contributed by atoms with Crippen LogP contribution in [0.25, 0.3) is 0 Å². The highest BCUT2D eigenvalue weighted by Gasteiger charge is 2.44. The van der Waals surface area contributed by atoms with Crippen LogP contribution in [0.4, 0.5) is 8.78 Å². The SMILES string of the molecule is O=S(=O)(c1nc2n(n1)[C@H](c1ccccc1)C[C@@H]2F)C1CC(CF)C1. The first-order valence-electron chi connectivity index (χ1n) is 7.96. The standard InChI is InChI=1S/C16H17F2N3O2S/c17-9-10-6-12(7-10)24(22,23)16-19-15-13(18)8-14(21(15)20-16)11-4-2-1-3-5-11/h1-5,10,12-14H,6-9H2/t10?,12?,13-,14-/m0/s1. The van der Waals surface area contributed by atoms with Gasteiger partial charge in [0.15, 0.2) is 12.0 Å². The van der Waals surface area contributed by atoms with Crippen LogP contribution in [0.2, 0.25) is 0 Å². The average molecular weight is 353 g/mol. The van der Waals surface area contributed by atoms with E-state index in [0.717, 1.165) is 5.56 Å². The summed E-state index contributed by atoms with van der Waals surface area (Å²) in [6.45, 7) is -0.512. The van der Waals surface area contributed by atoms with Crippen LogP contribution in [0, 0.1) is 5.92 Å². The van der Waals surface area contributed by atoms with E-state index >= 15 is 0 Å². The van der Waals surface area contributed by atoms with E-state index in [2.05, 4.69) is 10.1 Å². The van der Waals surface area contributed by atoms with Crippen LogP contribution < -0.4 is 0 Å². The summed E-state index contributed by atoms with van der Waals surface area (Å²) in [5.74, 6) is -0.144. The summed E-state index contributed by atoms with van der Waals surface area (Å²) in [5, 5.41) is 3.12. The third-order valence-corrected chi connectivity index (χ3v) is 6.88. The maximum absolute atomic E-state index is 14.3. The van der Waals surface area contributed by atoms with Gasteiger partial charge >= 0.3 is 0 Å². The molecule has 0 unspecified atom stereocenters. The van der Waals surface area contributed by atoms with E-state index in [-0.39, 0.29) is 42.2 Å². The van der Waals surface area contributed by atoms with Crippen molar-refractivity contribution in [3.8, 4) is 0 Å². The fourth-order valence-corrected chi connectivity index (χ4v) is 5.21. The molecule has 1 aliphatic heterocycles. The molecule has 128 valence electrons.